The van der Waals surface area contributed by atoms with Crippen molar-refractivity contribution in [3.8, 4) is 0 Å². The minimum Gasteiger partial charge on any atom is -0.289 e. The fourth-order valence-corrected chi connectivity index (χ4v) is 3.74. The van der Waals surface area contributed by atoms with E-state index in [4.69, 9.17) is 0 Å². The first-order valence-corrected chi connectivity index (χ1v) is 10.7. The van der Waals surface area contributed by atoms with Gasteiger partial charge in [0.15, 0.2) is 5.78 Å². The van der Waals surface area contributed by atoms with Gasteiger partial charge in [0.05, 0.1) is 0 Å². The highest BCUT2D eigenvalue weighted by Crippen LogP contribution is 2.30. The molecule has 0 aromatic heterocycles. The number of carbonyl (C=O) groups excluding carboxylic acids is 1. The van der Waals surface area contributed by atoms with Gasteiger partial charge in [0.2, 0.25) is 0 Å². The third-order valence-corrected chi connectivity index (χ3v) is 5.71. The van der Waals surface area contributed by atoms with Crippen molar-refractivity contribution in [2.45, 2.75) is 71.6 Å². The molecule has 1 saturated carbocycles. The lowest BCUT2D eigenvalue weighted by Crippen LogP contribution is -2.13. The molecule has 0 spiro atoms. The smallest absolute Gasteiger partial charge is 0.185 e. The van der Waals surface area contributed by atoms with Gasteiger partial charge >= 0.3 is 0 Å². The second kappa shape index (κ2) is 8.14. The van der Waals surface area contributed by atoms with Gasteiger partial charge in [0.25, 0.3) is 0 Å². The Balaban J connectivity index is 1.81. The maximum atomic E-state index is 13.1. The van der Waals surface area contributed by atoms with Crippen LogP contribution in [0, 0.1) is 0 Å². The first-order chi connectivity index (χ1) is 13.5. The van der Waals surface area contributed by atoms with Gasteiger partial charge in [-0.3, -0.25) is 4.79 Å². The molecule has 1 aliphatic rings. The summed E-state index contributed by atoms with van der Waals surface area (Å²) in [6.45, 7) is 13.3. The van der Waals surface area contributed by atoms with Crippen molar-refractivity contribution < 1.29 is 4.79 Å². The van der Waals surface area contributed by atoms with Gasteiger partial charge < -0.3 is 0 Å². The Labute approximate surface area is 176 Å². The van der Waals surface area contributed by atoms with Crippen molar-refractivity contribution in [3.63, 3.8) is 0 Å². The van der Waals surface area contributed by atoms with Gasteiger partial charge in [-0.15, -0.1) is 0 Å². The topological polar surface area (TPSA) is 17.1 Å². The van der Waals surface area contributed by atoms with E-state index in [1.165, 1.54) is 11.1 Å². The molecule has 0 saturated heterocycles. The summed E-state index contributed by atoms with van der Waals surface area (Å²) in [5.74, 6) is 0.205. The zero-order valence-corrected chi connectivity index (χ0v) is 18.8. The normalized spacial score (nSPS) is 18.5. The molecule has 2 aromatic carbocycles. The molecule has 3 rings (SSSR count). The first-order valence-electron chi connectivity index (χ1n) is 10.7. The second-order valence-corrected chi connectivity index (χ2v) is 10.3. The lowest BCUT2D eigenvalue weighted by Gasteiger charge is -2.20. The summed E-state index contributed by atoms with van der Waals surface area (Å²) in [6.07, 6.45) is 6.90. The fraction of sp³-hybridized carbons (Fsp3) is 0.393. The van der Waals surface area contributed by atoms with Crippen LogP contribution in [0.1, 0.15) is 83.1 Å². The number of benzene rings is 2. The lowest BCUT2D eigenvalue weighted by atomic mass is 9.84. The summed E-state index contributed by atoms with van der Waals surface area (Å²) in [5.41, 5.74) is 6.99. The zero-order chi connectivity index (χ0) is 21.2. The maximum Gasteiger partial charge on any atom is 0.185 e. The summed E-state index contributed by atoms with van der Waals surface area (Å²) in [6, 6.07) is 17.2. The molecule has 1 heteroatoms. The summed E-state index contributed by atoms with van der Waals surface area (Å²) < 4.78 is 0. The predicted molar refractivity (Wildman–Crippen MR) is 125 cm³/mol. The zero-order valence-electron chi connectivity index (χ0n) is 18.8. The molecule has 1 fully saturated rings. The number of carbonyl (C=O) groups is 1. The van der Waals surface area contributed by atoms with Crippen molar-refractivity contribution in [1.29, 1.82) is 0 Å². The van der Waals surface area contributed by atoms with E-state index in [0.29, 0.717) is 0 Å². The highest BCUT2D eigenvalue weighted by atomic mass is 16.1. The molecule has 0 atom stereocenters. The van der Waals surface area contributed by atoms with Gasteiger partial charge in [-0.05, 0) is 64.5 Å². The average molecular weight is 387 g/mol. The molecule has 0 unspecified atom stereocenters. The molecule has 2 aromatic rings. The van der Waals surface area contributed by atoms with Crippen molar-refractivity contribution in [1.82, 2.24) is 0 Å². The molecule has 152 valence electrons. The van der Waals surface area contributed by atoms with Crippen LogP contribution < -0.4 is 0 Å². The summed E-state index contributed by atoms with van der Waals surface area (Å²) in [7, 11) is 0. The third-order valence-electron chi connectivity index (χ3n) is 5.71. The number of Topliss-reactive ketones (excluding diaryl/α,β-unsaturated/α-hetero) is 1. The van der Waals surface area contributed by atoms with E-state index in [2.05, 4.69) is 102 Å². The van der Waals surface area contributed by atoms with Crippen LogP contribution in [-0.4, -0.2) is 5.78 Å². The largest absolute Gasteiger partial charge is 0.289 e. The third kappa shape index (κ3) is 5.35. The SMILES string of the molecule is CC(C)(C)c1ccc(C=C2CCCC(=Cc3ccc(C(C)(C)C)cc3)C2=O)cc1. The molecule has 0 aliphatic heterocycles. The van der Waals surface area contributed by atoms with Crippen molar-refractivity contribution in [3.05, 3.63) is 81.9 Å². The van der Waals surface area contributed by atoms with Crippen LogP contribution in [0.4, 0.5) is 0 Å². The molecule has 1 nitrogen and oxygen atoms in total. The maximum absolute atomic E-state index is 13.1. The Morgan fingerprint density at radius 2 is 0.966 bits per heavy atom. The molecular formula is C28H34O. The number of allylic oxidation sites excluding steroid dienone is 2. The molecule has 0 amide bonds. The monoisotopic (exact) mass is 386 g/mol. The van der Waals surface area contributed by atoms with E-state index in [-0.39, 0.29) is 16.6 Å². The van der Waals surface area contributed by atoms with Crippen molar-refractivity contribution in [2.24, 2.45) is 0 Å². The van der Waals surface area contributed by atoms with E-state index < -0.39 is 0 Å². The number of rotatable bonds is 2. The van der Waals surface area contributed by atoms with Crippen molar-refractivity contribution >= 4 is 17.9 Å². The molecule has 0 N–H and O–H groups in total. The minimum absolute atomic E-state index is 0.144. The van der Waals surface area contributed by atoms with Crippen LogP contribution in [0.15, 0.2) is 59.7 Å². The average Bonchev–Trinajstić information content (AvgIpc) is 2.64. The van der Waals surface area contributed by atoms with E-state index in [1.807, 2.05) is 0 Å². The number of ketones is 1. The number of hydrogen-bond acceptors (Lipinski definition) is 1. The highest BCUT2D eigenvalue weighted by Gasteiger charge is 2.21. The van der Waals surface area contributed by atoms with Crippen LogP contribution in [-0.2, 0) is 15.6 Å². The molecule has 0 heterocycles. The van der Waals surface area contributed by atoms with Crippen LogP contribution in [0.25, 0.3) is 12.2 Å². The molecule has 0 radical (unpaired) electrons. The van der Waals surface area contributed by atoms with E-state index in [1.54, 1.807) is 0 Å². The number of hydrogen-bond donors (Lipinski definition) is 0. The Morgan fingerprint density at radius 3 is 1.28 bits per heavy atom. The first kappa shape index (κ1) is 21.3. The van der Waals surface area contributed by atoms with Gasteiger partial charge in [0, 0.05) is 11.1 Å². The van der Waals surface area contributed by atoms with E-state index in [0.717, 1.165) is 41.5 Å². The van der Waals surface area contributed by atoms with Crippen molar-refractivity contribution in [2.75, 3.05) is 0 Å². The second-order valence-electron chi connectivity index (χ2n) is 10.3. The van der Waals surface area contributed by atoms with E-state index >= 15 is 0 Å². The summed E-state index contributed by atoms with van der Waals surface area (Å²) >= 11 is 0. The fourth-order valence-electron chi connectivity index (χ4n) is 3.74. The van der Waals surface area contributed by atoms with E-state index in [9.17, 15) is 4.79 Å². The Morgan fingerprint density at radius 1 is 0.621 bits per heavy atom. The van der Waals surface area contributed by atoms with Crippen LogP contribution in [0.5, 0.6) is 0 Å². The Bertz CT molecular complexity index is 846. The molecule has 0 bridgehead atoms. The quantitative estimate of drug-likeness (QED) is 0.488. The molecule has 1 aliphatic carbocycles. The van der Waals surface area contributed by atoms with Gasteiger partial charge in [-0.25, -0.2) is 0 Å². The Hall–Kier alpha value is -2.41. The lowest BCUT2D eigenvalue weighted by molar-refractivity contribution is -0.112. The van der Waals surface area contributed by atoms with Gasteiger partial charge in [0.1, 0.15) is 0 Å². The standard InChI is InChI=1S/C28H34O/c1-27(2,3)24-14-10-20(11-15-24)18-22-8-7-9-23(26(22)29)19-21-12-16-25(17-13-21)28(4,5)6/h10-19H,7-9H2,1-6H3. The Kier molecular flexibility index (Phi) is 5.98. The summed E-state index contributed by atoms with van der Waals surface area (Å²) in [5, 5.41) is 0. The van der Waals surface area contributed by atoms with Gasteiger partial charge in [-0.1, -0.05) is 90.1 Å². The van der Waals surface area contributed by atoms with Gasteiger partial charge in [-0.2, -0.15) is 0 Å². The highest BCUT2D eigenvalue weighted by molar-refractivity contribution is 6.13. The minimum atomic E-state index is 0.144. The molecule has 29 heavy (non-hydrogen) atoms. The predicted octanol–water partition coefficient (Wildman–Crippen LogP) is 7.50. The van der Waals surface area contributed by atoms with Crippen LogP contribution in [0.2, 0.25) is 0 Å². The van der Waals surface area contributed by atoms with Crippen LogP contribution >= 0.6 is 0 Å². The van der Waals surface area contributed by atoms with Crippen LogP contribution in [0.3, 0.4) is 0 Å². The molecular weight excluding hydrogens is 352 g/mol. The summed E-state index contributed by atoms with van der Waals surface area (Å²) in [4.78, 5) is 13.1.